The third kappa shape index (κ3) is 3.21. The average molecular weight is 432 g/mol. The molecule has 32 heavy (non-hydrogen) atoms. The van der Waals surface area contributed by atoms with E-state index in [0.717, 1.165) is 22.4 Å². The molecule has 7 nitrogen and oxygen atoms in total. The number of nitrogens with one attached hydrogen (secondary N) is 1. The summed E-state index contributed by atoms with van der Waals surface area (Å²) in [7, 11) is 0. The van der Waals surface area contributed by atoms with Crippen LogP contribution in [0.1, 0.15) is 54.0 Å². The van der Waals surface area contributed by atoms with Crippen molar-refractivity contribution in [3.63, 3.8) is 0 Å². The number of allylic oxidation sites excluding steroid dienone is 2. The highest BCUT2D eigenvalue weighted by Gasteiger charge is 2.41. The lowest BCUT2D eigenvalue weighted by atomic mass is 9.72. The number of phenols is 2. The number of carbonyl (C=O) groups is 1. The van der Waals surface area contributed by atoms with Crippen molar-refractivity contribution in [2.24, 2.45) is 0 Å². The third-order valence-corrected chi connectivity index (χ3v) is 6.25. The molecule has 0 spiro atoms. The van der Waals surface area contributed by atoms with Crippen LogP contribution in [0.2, 0.25) is 0 Å². The number of rotatable bonds is 4. The molecule has 2 aliphatic rings. The van der Waals surface area contributed by atoms with Crippen molar-refractivity contribution in [1.29, 1.82) is 0 Å². The quantitative estimate of drug-likeness (QED) is 0.546. The van der Waals surface area contributed by atoms with Crippen molar-refractivity contribution >= 4 is 11.7 Å². The number of aromatic hydroxyl groups is 2. The molecule has 3 N–H and O–H groups in total. The first-order chi connectivity index (χ1) is 15.5. The summed E-state index contributed by atoms with van der Waals surface area (Å²) in [4.78, 5) is 13.5. The number of para-hydroxylation sites is 1. The predicted octanol–water partition coefficient (Wildman–Crippen LogP) is 4.75. The largest absolute Gasteiger partial charge is 0.508 e. The second-order valence-electron chi connectivity index (χ2n) is 8.21. The number of aromatic nitrogens is 1. The summed E-state index contributed by atoms with van der Waals surface area (Å²) in [5.74, 6) is 0.618. The summed E-state index contributed by atoms with van der Waals surface area (Å²) in [6, 6.07) is 12.3. The second-order valence-corrected chi connectivity index (χ2v) is 8.21. The van der Waals surface area contributed by atoms with Gasteiger partial charge in [0.05, 0.1) is 17.9 Å². The Bertz CT molecular complexity index is 1240. The molecule has 0 bridgehead atoms. The minimum absolute atomic E-state index is 0.00860. The fourth-order valence-corrected chi connectivity index (χ4v) is 4.84. The van der Waals surface area contributed by atoms with Crippen molar-refractivity contribution < 1.29 is 24.3 Å². The van der Waals surface area contributed by atoms with Crippen molar-refractivity contribution in [1.82, 2.24) is 5.16 Å². The minimum atomic E-state index is -0.384. The Hall–Kier alpha value is -3.74. The van der Waals surface area contributed by atoms with E-state index in [2.05, 4.69) is 10.5 Å². The first-order valence-electron chi connectivity index (χ1n) is 10.7. The first kappa shape index (κ1) is 20.2. The van der Waals surface area contributed by atoms with Crippen LogP contribution in [0.25, 0.3) is 0 Å². The number of ketones is 1. The van der Waals surface area contributed by atoms with Gasteiger partial charge in [-0.3, -0.25) is 4.79 Å². The molecule has 1 aromatic heterocycles. The summed E-state index contributed by atoms with van der Waals surface area (Å²) in [6.07, 6.45) is 0.857. The molecular weight excluding hydrogens is 408 g/mol. The van der Waals surface area contributed by atoms with Crippen LogP contribution in [0.15, 0.2) is 58.3 Å². The Kier molecular flexibility index (Phi) is 4.89. The fourth-order valence-electron chi connectivity index (χ4n) is 4.84. The Morgan fingerprint density at radius 1 is 1.16 bits per heavy atom. The molecule has 0 saturated heterocycles. The van der Waals surface area contributed by atoms with Gasteiger partial charge in [0.15, 0.2) is 17.3 Å². The van der Waals surface area contributed by atoms with Crippen LogP contribution in [-0.2, 0) is 4.79 Å². The zero-order valence-electron chi connectivity index (χ0n) is 17.9. The van der Waals surface area contributed by atoms with Crippen LogP contribution in [-0.4, -0.2) is 27.8 Å². The van der Waals surface area contributed by atoms with E-state index in [-0.39, 0.29) is 29.1 Å². The maximum atomic E-state index is 13.5. The molecule has 2 aromatic carbocycles. The SMILES string of the molecule is CCOc1cc([C@H]2C3=C(C[C@H](c4ccccc4O)CC3=O)Nc3onc(C)c32)ccc1O. The van der Waals surface area contributed by atoms with Gasteiger partial charge >= 0.3 is 0 Å². The molecule has 164 valence electrons. The molecule has 2 heterocycles. The molecule has 0 saturated carbocycles. The van der Waals surface area contributed by atoms with Crippen LogP contribution in [0, 0.1) is 6.92 Å². The molecule has 1 aliphatic carbocycles. The highest BCUT2D eigenvalue weighted by molar-refractivity contribution is 6.01. The van der Waals surface area contributed by atoms with Gasteiger partial charge < -0.3 is 24.8 Å². The summed E-state index contributed by atoms with van der Waals surface area (Å²) >= 11 is 0. The van der Waals surface area contributed by atoms with Crippen LogP contribution in [0.3, 0.4) is 0 Å². The van der Waals surface area contributed by atoms with Gasteiger partial charge in [-0.1, -0.05) is 29.4 Å². The molecule has 0 amide bonds. The van der Waals surface area contributed by atoms with E-state index >= 15 is 0 Å². The molecule has 0 unspecified atom stereocenters. The number of benzene rings is 2. The van der Waals surface area contributed by atoms with Gasteiger partial charge in [0, 0.05) is 29.5 Å². The molecule has 2 atom stereocenters. The van der Waals surface area contributed by atoms with E-state index in [1.807, 2.05) is 26.0 Å². The topological polar surface area (TPSA) is 105 Å². The Balaban J connectivity index is 1.63. The lowest BCUT2D eigenvalue weighted by Crippen LogP contribution is -2.29. The monoisotopic (exact) mass is 432 g/mol. The number of nitrogens with zero attached hydrogens (tertiary/aromatic N) is 1. The van der Waals surface area contributed by atoms with Gasteiger partial charge in [-0.25, -0.2) is 0 Å². The Labute approximate surface area is 185 Å². The number of fused-ring (bicyclic) bond motifs is 1. The Morgan fingerprint density at radius 3 is 2.75 bits per heavy atom. The minimum Gasteiger partial charge on any atom is -0.508 e. The van der Waals surface area contributed by atoms with Crippen molar-refractivity contribution in [3.05, 3.63) is 76.1 Å². The number of carbonyl (C=O) groups excluding carboxylic acids is 1. The highest BCUT2D eigenvalue weighted by Crippen LogP contribution is 2.50. The number of anilines is 1. The van der Waals surface area contributed by atoms with Crippen molar-refractivity contribution in [2.45, 2.75) is 38.5 Å². The van der Waals surface area contributed by atoms with E-state index in [1.165, 1.54) is 0 Å². The van der Waals surface area contributed by atoms with E-state index in [0.29, 0.717) is 42.3 Å². The Morgan fingerprint density at radius 2 is 1.97 bits per heavy atom. The lowest BCUT2D eigenvalue weighted by Gasteiger charge is -2.34. The maximum absolute atomic E-state index is 13.5. The molecule has 5 rings (SSSR count). The molecule has 1 aliphatic heterocycles. The zero-order chi connectivity index (χ0) is 22.4. The maximum Gasteiger partial charge on any atom is 0.233 e. The molecule has 0 radical (unpaired) electrons. The van der Waals surface area contributed by atoms with Crippen molar-refractivity contribution in [3.8, 4) is 17.2 Å². The van der Waals surface area contributed by atoms with Gasteiger partial charge in [0.1, 0.15) is 5.75 Å². The number of aryl methyl sites for hydroxylation is 1. The van der Waals surface area contributed by atoms with Gasteiger partial charge in [-0.05, 0) is 49.6 Å². The first-order valence-corrected chi connectivity index (χ1v) is 10.7. The number of hydrogen-bond acceptors (Lipinski definition) is 7. The molecule has 7 heteroatoms. The van der Waals surface area contributed by atoms with E-state index in [1.54, 1.807) is 30.3 Å². The summed E-state index contributed by atoms with van der Waals surface area (Å²) in [5.41, 5.74) is 4.53. The molecule has 3 aromatic rings. The number of Topliss-reactive ketones (excluding diaryl/α,β-unsaturated/α-hetero) is 1. The zero-order valence-corrected chi connectivity index (χ0v) is 17.9. The third-order valence-electron chi connectivity index (χ3n) is 6.25. The second kappa shape index (κ2) is 7.75. The highest BCUT2D eigenvalue weighted by atomic mass is 16.5. The van der Waals surface area contributed by atoms with Gasteiger partial charge in [0.25, 0.3) is 0 Å². The van der Waals surface area contributed by atoms with Gasteiger partial charge in [-0.15, -0.1) is 0 Å². The summed E-state index contributed by atoms with van der Waals surface area (Å²) < 4.78 is 11.1. The van der Waals surface area contributed by atoms with E-state index in [9.17, 15) is 15.0 Å². The summed E-state index contributed by atoms with van der Waals surface area (Å²) in [6.45, 7) is 4.11. The van der Waals surface area contributed by atoms with Crippen LogP contribution in [0.5, 0.6) is 17.2 Å². The number of phenolic OH excluding ortho intramolecular Hbond substituents is 2. The fraction of sp³-hybridized carbons (Fsp3) is 0.280. The number of ether oxygens (including phenoxy) is 1. The van der Waals surface area contributed by atoms with Crippen LogP contribution < -0.4 is 10.1 Å². The lowest BCUT2D eigenvalue weighted by molar-refractivity contribution is -0.116. The summed E-state index contributed by atoms with van der Waals surface area (Å²) in [5, 5.41) is 27.9. The van der Waals surface area contributed by atoms with Crippen LogP contribution in [0.4, 0.5) is 5.88 Å². The smallest absolute Gasteiger partial charge is 0.233 e. The average Bonchev–Trinajstić information content (AvgIpc) is 3.14. The molecular formula is C25H24N2O5. The van der Waals surface area contributed by atoms with Crippen molar-refractivity contribution in [2.75, 3.05) is 11.9 Å². The van der Waals surface area contributed by atoms with E-state index in [4.69, 9.17) is 9.26 Å². The van der Waals surface area contributed by atoms with E-state index < -0.39 is 0 Å². The predicted molar refractivity (Wildman–Crippen MR) is 118 cm³/mol. The van der Waals surface area contributed by atoms with Gasteiger partial charge in [0.2, 0.25) is 5.88 Å². The number of hydrogen-bond donors (Lipinski definition) is 3. The van der Waals surface area contributed by atoms with Crippen LogP contribution >= 0.6 is 0 Å². The molecule has 0 fully saturated rings. The van der Waals surface area contributed by atoms with Gasteiger partial charge in [-0.2, -0.15) is 0 Å². The standard InChI is InChI=1S/C25H24N2O5/c1-3-31-21-12-14(8-9-19(21)29)23-22-13(2)27-32-25(22)26-17-10-15(11-20(30)24(17)23)16-6-4-5-7-18(16)28/h4-9,12,15,23,26,28-29H,3,10-11H2,1-2H3/t15-,23+/m0/s1. The normalized spacial score (nSPS) is 19.9.